The molecule has 1 amide bonds. The van der Waals surface area contributed by atoms with E-state index in [1.165, 1.54) is 32.7 Å². The summed E-state index contributed by atoms with van der Waals surface area (Å²) in [6, 6.07) is 5.62. The Bertz CT molecular complexity index is 1360. The molecule has 2 heterocycles. The molecule has 1 fully saturated rings. The van der Waals surface area contributed by atoms with Crippen molar-refractivity contribution in [3.8, 4) is 11.5 Å². The number of nitrogens with one attached hydrogen (secondary N) is 1. The molecule has 2 aromatic carbocycles. The summed E-state index contributed by atoms with van der Waals surface area (Å²) in [6.45, 7) is 0.872. The zero-order valence-electron chi connectivity index (χ0n) is 20.0. The highest BCUT2D eigenvalue weighted by Crippen LogP contribution is 2.37. The normalized spacial score (nSPS) is 14.1. The maximum absolute atomic E-state index is 14.5. The van der Waals surface area contributed by atoms with Crippen LogP contribution in [0.1, 0.15) is 12.8 Å². The van der Waals surface area contributed by atoms with Crippen LogP contribution in [0.5, 0.6) is 11.5 Å². The lowest BCUT2D eigenvalue weighted by atomic mass is 10.1. The van der Waals surface area contributed by atoms with E-state index in [0.717, 1.165) is 12.1 Å². The van der Waals surface area contributed by atoms with E-state index >= 15 is 0 Å². The van der Waals surface area contributed by atoms with Gasteiger partial charge in [-0.05, 0) is 18.2 Å². The average Bonchev–Trinajstić information content (AvgIpc) is 2.92. The Kier molecular flexibility index (Phi) is 8.02. The molecular formula is C25H23ClF2N4O5. The minimum absolute atomic E-state index is 0.0528. The van der Waals surface area contributed by atoms with Crippen molar-refractivity contribution >= 4 is 45.9 Å². The maximum Gasteiger partial charge on any atom is 0.330 e. The van der Waals surface area contributed by atoms with Gasteiger partial charge in [-0.15, -0.1) is 0 Å². The predicted molar refractivity (Wildman–Crippen MR) is 132 cm³/mol. The molecule has 3 aromatic rings. The van der Waals surface area contributed by atoms with Crippen molar-refractivity contribution in [3.63, 3.8) is 0 Å². The number of likely N-dealkylation sites (tertiary alicyclic amines) is 1. The molecule has 194 valence electrons. The van der Waals surface area contributed by atoms with Gasteiger partial charge in [-0.1, -0.05) is 11.6 Å². The van der Waals surface area contributed by atoms with Gasteiger partial charge in [-0.2, -0.15) is 0 Å². The highest BCUT2D eigenvalue weighted by molar-refractivity contribution is 6.31. The number of esters is 1. The maximum atomic E-state index is 14.5. The molecule has 0 unspecified atom stereocenters. The number of carbonyl (C=O) groups is 2. The Hall–Kier alpha value is -3.99. The fourth-order valence-corrected chi connectivity index (χ4v) is 4.02. The highest BCUT2D eigenvalue weighted by Gasteiger charge is 2.24. The quantitative estimate of drug-likeness (QED) is 0.271. The largest absolute Gasteiger partial charge is 0.493 e. The third-order valence-corrected chi connectivity index (χ3v) is 6.17. The molecular weight excluding hydrogens is 510 g/mol. The molecule has 4 rings (SSSR count). The van der Waals surface area contributed by atoms with E-state index in [4.69, 9.17) is 21.1 Å². The van der Waals surface area contributed by atoms with Gasteiger partial charge < -0.3 is 24.4 Å². The second-order valence-corrected chi connectivity index (χ2v) is 8.47. The van der Waals surface area contributed by atoms with Crippen LogP contribution >= 0.6 is 11.6 Å². The first-order valence-electron chi connectivity index (χ1n) is 11.3. The standard InChI is InChI=1S/C25H23ClF2N4O5/c1-35-19-12-18-15(25(30-13-29-18)31-17-4-3-16(27)23(26)24(17)28)11-20(19)37-14-7-9-32(10-8-14)21(33)5-6-22(34)36-2/h3-6,11-14H,7-10H2,1-2H3,(H,29,30,31)/b6-5+. The number of anilines is 2. The number of ether oxygens (including phenoxy) is 3. The Morgan fingerprint density at radius 3 is 2.57 bits per heavy atom. The first-order chi connectivity index (χ1) is 17.8. The van der Waals surface area contributed by atoms with Crippen LogP contribution in [0.2, 0.25) is 5.02 Å². The number of piperidine rings is 1. The van der Waals surface area contributed by atoms with Gasteiger partial charge in [0.1, 0.15) is 29.1 Å². The van der Waals surface area contributed by atoms with Gasteiger partial charge in [-0.25, -0.2) is 23.5 Å². The molecule has 0 bridgehead atoms. The van der Waals surface area contributed by atoms with Crippen LogP contribution in [0.15, 0.2) is 42.7 Å². The van der Waals surface area contributed by atoms with E-state index in [-0.39, 0.29) is 23.5 Å². The van der Waals surface area contributed by atoms with Crippen molar-refractivity contribution < 1.29 is 32.6 Å². The molecule has 37 heavy (non-hydrogen) atoms. The fraction of sp³-hybridized carbons (Fsp3) is 0.280. The summed E-state index contributed by atoms with van der Waals surface area (Å²) in [5.41, 5.74) is 0.455. The lowest BCUT2D eigenvalue weighted by molar-refractivity contribution is -0.135. The van der Waals surface area contributed by atoms with Gasteiger partial charge in [0.2, 0.25) is 5.91 Å². The Morgan fingerprint density at radius 1 is 1.11 bits per heavy atom. The van der Waals surface area contributed by atoms with Crippen molar-refractivity contribution in [3.05, 3.63) is 59.4 Å². The SMILES string of the molecule is COC(=O)/C=C/C(=O)N1CCC(Oc2cc3c(Nc4ccc(F)c(Cl)c4F)ncnc3cc2OC)CC1. The summed E-state index contributed by atoms with van der Waals surface area (Å²) in [5.74, 6) is -1.58. The summed E-state index contributed by atoms with van der Waals surface area (Å²) < 4.78 is 44.2. The van der Waals surface area contributed by atoms with E-state index in [1.54, 1.807) is 17.0 Å². The molecule has 0 radical (unpaired) electrons. The second kappa shape index (κ2) is 11.4. The first-order valence-corrected chi connectivity index (χ1v) is 11.6. The van der Waals surface area contributed by atoms with E-state index in [0.29, 0.717) is 48.3 Å². The Morgan fingerprint density at radius 2 is 1.86 bits per heavy atom. The average molecular weight is 533 g/mol. The van der Waals surface area contributed by atoms with Crippen LogP contribution in [-0.4, -0.2) is 60.2 Å². The minimum Gasteiger partial charge on any atom is -0.493 e. The molecule has 9 nitrogen and oxygen atoms in total. The number of halogens is 3. The molecule has 0 aliphatic carbocycles. The number of hydrogen-bond acceptors (Lipinski definition) is 8. The first kappa shape index (κ1) is 26.1. The number of methoxy groups -OCH3 is 2. The van der Waals surface area contributed by atoms with Crippen LogP contribution in [0.25, 0.3) is 10.9 Å². The zero-order valence-corrected chi connectivity index (χ0v) is 20.7. The van der Waals surface area contributed by atoms with Gasteiger partial charge in [0, 0.05) is 49.5 Å². The van der Waals surface area contributed by atoms with Gasteiger partial charge in [-0.3, -0.25) is 4.79 Å². The van der Waals surface area contributed by atoms with Crippen molar-refractivity contribution in [1.82, 2.24) is 14.9 Å². The van der Waals surface area contributed by atoms with E-state index in [1.807, 2.05) is 0 Å². The molecule has 1 aromatic heterocycles. The lowest BCUT2D eigenvalue weighted by Gasteiger charge is -2.32. The van der Waals surface area contributed by atoms with Gasteiger partial charge in [0.25, 0.3) is 0 Å². The number of nitrogens with zero attached hydrogens (tertiary/aromatic N) is 3. The lowest BCUT2D eigenvalue weighted by Crippen LogP contribution is -2.41. The van der Waals surface area contributed by atoms with E-state index < -0.39 is 22.6 Å². The molecule has 0 atom stereocenters. The highest BCUT2D eigenvalue weighted by atomic mass is 35.5. The van der Waals surface area contributed by atoms with Crippen LogP contribution < -0.4 is 14.8 Å². The summed E-state index contributed by atoms with van der Waals surface area (Å²) >= 11 is 5.70. The molecule has 1 saturated heterocycles. The summed E-state index contributed by atoms with van der Waals surface area (Å²) in [5, 5.41) is 2.72. The van der Waals surface area contributed by atoms with Gasteiger partial charge in [0.05, 0.1) is 25.4 Å². The van der Waals surface area contributed by atoms with Crippen molar-refractivity contribution in [1.29, 1.82) is 0 Å². The number of rotatable bonds is 7. The van der Waals surface area contributed by atoms with Crippen LogP contribution in [0.3, 0.4) is 0 Å². The molecule has 1 aliphatic heterocycles. The summed E-state index contributed by atoms with van der Waals surface area (Å²) in [6.07, 6.45) is 4.46. The Balaban J connectivity index is 1.53. The number of benzene rings is 2. The molecule has 0 spiro atoms. The van der Waals surface area contributed by atoms with Crippen molar-refractivity contribution in [2.45, 2.75) is 18.9 Å². The zero-order chi connectivity index (χ0) is 26.5. The Labute approximate surface area is 216 Å². The molecule has 1 N–H and O–H groups in total. The summed E-state index contributed by atoms with van der Waals surface area (Å²) in [4.78, 5) is 33.6. The van der Waals surface area contributed by atoms with Crippen molar-refractivity contribution in [2.75, 3.05) is 32.6 Å². The number of carbonyl (C=O) groups excluding carboxylic acids is 2. The van der Waals surface area contributed by atoms with Crippen LogP contribution in [0, 0.1) is 11.6 Å². The minimum atomic E-state index is -0.943. The third-order valence-electron chi connectivity index (χ3n) is 5.82. The topological polar surface area (TPSA) is 103 Å². The van der Waals surface area contributed by atoms with E-state index in [2.05, 4.69) is 20.0 Å². The second-order valence-electron chi connectivity index (χ2n) is 8.09. The molecule has 0 saturated carbocycles. The monoisotopic (exact) mass is 532 g/mol. The number of hydrogen-bond donors (Lipinski definition) is 1. The van der Waals surface area contributed by atoms with Crippen LogP contribution in [0.4, 0.5) is 20.3 Å². The number of aromatic nitrogens is 2. The molecule has 12 heteroatoms. The van der Waals surface area contributed by atoms with Gasteiger partial charge in [0.15, 0.2) is 17.3 Å². The fourth-order valence-electron chi connectivity index (χ4n) is 3.85. The van der Waals surface area contributed by atoms with E-state index in [9.17, 15) is 18.4 Å². The summed E-state index contributed by atoms with van der Waals surface area (Å²) in [7, 11) is 2.74. The molecule has 1 aliphatic rings. The number of fused-ring (bicyclic) bond motifs is 1. The third kappa shape index (κ3) is 5.88. The van der Waals surface area contributed by atoms with Crippen molar-refractivity contribution in [2.24, 2.45) is 0 Å². The number of amides is 1. The predicted octanol–water partition coefficient (Wildman–Crippen LogP) is 4.41. The smallest absolute Gasteiger partial charge is 0.330 e. The van der Waals surface area contributed by atoms with Crippen LogP contribution in [-0.2, 0) is 14.3 Å². The van der Waals surface area contributed by atoms with Gasteiger partial charge >= 0.3 is 5.97 Å².